The van der Waals surface area contributed by atoms with E-state index in [-0.39, 0.29) is 11.1 Å². The second-order valence-electron chi connectivity index (χ2n) is 4.86. The van der Waals surface area contributed by atoms with Crippen LogP contribution in [0.4, 0.5) is 4.39 Å². The van der Waals surface area contributed by atoms with Gasteiger partial charge in [-0.05, 0) is 49.2 Å². The van der Waals surface area contributed by atoms with Gasteiger partial charge in [-0.1, -0.05) is 36.2 Å². The first kappa shape index (κ1) is 16.2. The maximum atomic E-state index is 13.6. The maximum Gasteiger partial charge on any atom is 0.142 e. The number of benzene rings is 1. The minimum Gasteiger partial charge on any atom is -0.308 e. The van der Waals surface area contributed by atoms with Crippen molar-refractivity contribution in [3.05, 3.63) is 63.6 Å². The van der Waals surface area contributed by atoms with Gasteiger partial charge >= 0.3 is 0 Å². The minimum absolute atomic E-state index is 0.0165. The van der Waals surface area contributed by atoms with Gasteiger partial charge in [-0.15, -0.1) is 0 Å². The summed E-state index contributed by atoms with van der Waals surface area (Å²) in [6, 6.07) is 8.61. The normalized spacial score (nSPS) is 12.4. The highest BCUT2D eigenvalue weighted by atomic mass is 35.5. The van der Waals surface area contributed by atoms with E-state index >= 15 is 0 Å². The van der Waals surface area contributed by atoms with Gasteiger partial charge in [0.25, 0.3) is 0 Å². The van der Waals surface area contributed by atoms with Crippen LogP contribution in [0.3, 0.4) is 0 Å². The summed E-state index contributed by atoms with van der Waals surface area (Å²) in [6.07, 6.45) is 3.28. The van der Waals surface area contributed by atoms with Crippen molar-refractivity contribution in [2.24, 2.45) is 0 Å². The van der Waals surface area contributed by atoms with Gasteiger partial charge in [-0.25, -0.2) is 4.39 Å². The lowest BCUT2D eigenvalue weighted by atomic mass is 10.0. The van der Waals surface area contributed by atoms with Crippen molar-refractivity contribution in [2.75, 3.05) is 6.54 Å². The van der Waals surface area contributed by atoms with Gasteiger partial charge in [0.05, 0.1) is 21.8 Å². The molecule has 0 saturated heterocycles. The molecule has 0 spiro atoms. The maximum absolute atomic E-state index is 13.6. The standard InChI is InChI=1S/C16H17Cl2FN2/c1-2-7-20-16(15-6-4-12(17)10-21-15)9-11-3-5-13(18)14(19)8-11/h3-6,8,10,16,20H,2,7,9H2,1H3. The molecule has 1 aromatic carbocycles. The molecule has 0 fully saturated rings. The van der Waals surface area contributed by atoms with Crippen LogP contribution >= 0.6 is 23.2 Å². The van der Waals surface area contributed by atoms with Gasteiger partial charge in [0.15, 0.2) is 0 Å². The lowest BCUT2D eigenvalue weighted by Gasteiger charge is -2.18. The highest BCUT2D eigenvalue weighted by Gasteiger charge is 2.14. The molecule has 1 aromatic heterocycles. The Labute approximate surface area is 134 Å². The van der Waals surface area contributed by atoms with E-state index in [0.29, 0.717) is 11.4 Å². The average molecular weight is 327 g/mol. The Morgan fingerprint density at radius 3 is 2.67 bits per heavy atom. The molecule has 0 bridgehead atoms. The summed E-state index contributed by atoms with van der Waals surface area (Å²) in [5, 5.41) is 4.17. The molecule has 0 radical (unpaired) electrons. The van der Waals surface area contributed by atoms with Crippen LogP contribution in [0, 0.1) is 5.82 Å². The van der Waals surface area contributed by atoms with Crippen LogP contribution in [0.1, 0.15) is 30.6 Å². The highest BCUT2D eigenvalue weighted by molar-refractivity contribution is 6.30. The predicted molar refractivity (Wildman–Crippen MR) is 85.4 cm³/mol. The van der Waals surface area contributed by atoms with Crippen LogP contribution in [-0.2, 0) is 6.42 Å². The Morgan fingerprint density at radius 1 is 1.24 bits per heavy atom. The molecule has 2 aromatic rings. The Bertz CT molecular complexity index is 587. The molecule has 1 N–H and O–H groups in total. The monoisotopic (exact) mass is 326 g/mol. The summed E-state index contributed by atoms with van der Waals surface area (Å²) in [5.74, 6) is -0.396. The molecule has 21 heavy (non-hydrogen) atoms. The molecule has 1 heterocycles. The lowest BCUT2D eigenvalue weighted by Crippen LogP contribution is -2.25. The molecule has 1 atom stereocenters. The van der Waals surface area contributed by atoms with Crippen LogP contribution in [0.2, 0.25) is 10.0 Å². The number of halogens is 3. The quantitative estimate of drug-likeness (QED) is 0.823. The zero-order valence-electron chi connectivity index (χ0n) is 11.7. The van der Waals surface area contributed by atoms with Crippen LogP contribution in [0.15, 0.2) is 36.5 Å². The number of nitrogens with zero attached hydrogens (tertiary/aromatic N) is 1. The molecule has 0 aliphatic heterocycles. The van der Waals surface area contributed by atoms with Gasteiger partial charge in [0, 0.05) is 6.20 Å². The zero-order chi connectivity index (χ0) is 15.2. The van der Waals surface area contributed by atoms with E-state index in [2.05, 4.69) is 17.2 Å². The van der Waals surface area contributed by atoms with E-state index in [1.807, 2.05) is 18.2 Å². The topological polar surface area (TPSA) is 24.9 Å². The van der Waals surface area contributed by atoms with Gasteiger partial charge in [0.1, 0.15) is 5.82 Å². The molecule has 2 rings (SSSR count). The first-order valence-electron chi connectivity index (χ1n) is 6.89. The molecule has 0 saturated carbocycles. The Morgan fingerprint density at radius 2 is 2.05 bits per heavy atom. The number of nitrogens with one attached hydrogen (secondary N) is 1. The Balaban J connectivity index is 2.19. The van der Waals surface area contributed by atoms with Crippen molar-refractivity contribution in [3.63, 3.8) is 0 Å². The summed E-state index contributed by atoms with van der Waals surface area (Å²) in [4.78, 5) is 4.35. The molecule has 112 valence electrons. The largest absolute Gasteiger partial charge is 0.308 e. The van der Waals surface area contributed by atoms with Crippen molar-refractivity contribution in [2.45, 2.75) is 25.8 Å². The summed E-state index contributed by atoms with van der Waals surface area (Å²) in [7, 11) is 0. The number of hydrogen-bond donors (Lipinski definition) is 1. The molecule has 1 unspecified atom stereocenters. The fraction of sp³-hybridized carbons (Fsp3) is 0.312. The van der Waals surface area contributed by atoms with Crippen molar-refractivity contribution >= 4 is 23.2 Å². The third-order valence-corrected chi connectivity index (χ3v) is 3.70. The van der Waals surface area contributed by atoms with Crippen LogP contribution in [0.5, 0.6) is 0 Å². The number of pyridine rings is 1. The molecule has 5 heteroatoms. The summed E-state index contributed by atoms with van der Waals surface area (Å²) in [6.45, 7) is 2.96. The van der Waals surface area contributed by atoms with Crippen LogP contribution < -0.4 is 5.32 Å². The van der Waals surface area contributed by atoms with Gasteiger partial charge in [0.2, 0.25) is 0 Å². The summed E-state index contributed by atoms with van der Waals surface area (Å²) < 4.78 is 13.6. The van der Waals surface area contributed by atoms with Crippen molar-refractivity contribution in [1.29, 1.82) is 0 Å². The van der Waals surface area contributed by atoms with Crippen molar-refractivity contribution in [1.82, 2.24) is 10.3 Å². The number of hydrogen-bond acceptors (Lipinski definition) is 2. The van der Waals surface area contributed by atoms with Crippen LogP contribution in [0.25, 0.3) is 0 Å². The molecule has 0 aliphatic carbocycles. The van der Waals surface area contributed by atoms with Gasteiger partial charge in [-0.2, -0.15) is 0 Å². The predicted octanol–water partition coefficient (Wildman–Crippen LogP) is 4.81. The van der Waals surface area contributed by atoms with Gasteiger partial charge in [-0.3, -0.25) is 4.98 Å². The van der Waals surface area contributed by atoms with Crippen molar-refractivity contribution in [3.8, 4) is 0 Å². The van der Waals surface area contributed by atoms with E-state index in [1.165, 1.54) is 6.07 Å². The fourth-order valence-corrected chi connectivity index (χ4v) is 2.32. The molecule has 0 amide bonds. The van der Waals surface area contributed by atoms with Crippen LogP contribution in [-0.4, -0.2) is 11.5 Å². The summed E-state index contributed by atoms with van der Waals surface area (Å²) >= 11 is 11.6. The van der Waals surface area contributed by atoms with E-state index in [4.69, 9.17) is 23.2 Å². The molecular formula is C16H17Cl2FN2. The highest BCUT2D eigenvalue weighted by Crippen LogP contribution is 2.21. The second-order valence-corrected chi connectivity index (χ2v) is 5.70. The average Bonchev–Trinajstić information content (AvgIpc) is 2.48. The SMILES string of the molecule is CCCNC(Cc1ccc(Cl)c(F)c1)c1ccc(Cl)cn1. The summed E-state index contributed by atoms with van der Waals surface area (Å²) in [5.41, 5.74) is 1.77. The third-order valence-electron chi connectivity index (χ3n) is 3.17. The fourth-order valence-electron chi connectivity index (χ4n) is 2.10. The van der Waals surface area contributed by atoms with E-state index < -0.39 is 5.82 Å². The van der Waals surface area contributed by atoms with E-state index in [9.17, 15) is 4.39 Å². The molecule has 2 nitrogen and oxygen atoms in total. The lowest BCUT2D eigenvalue weighted by molar-refractivity contribution is 0.516. The third kappa shape index (κ3) is 4.67. The first-order valence-corrected chi connectivity index (χ1v) is 7.64. The van der Waals surface area contributed by atoms with E-state index in [1.54, 1.807) is 12.3 Å². The number of aromatic nitrogens is 1. The second kappa shape index (κ2) is 7.74. The Kier molecular flexibility index (Phi) is 5.97. The number of rotatable bonds is 6. The first-order chi connectivity index (χ1) is 10.1. The minimum atomic E-state index is -0.396. The molecule has 0 aliphatic rings. The Hall–Kier alpha value is -1.16. The molecular weight excluding hydrogens is 310 g/mol. The van der Waals surface area contributed by atoms with Crippen molar-refractivity contribution < 1.29 is 4.39 Å². The zero-order valence-corrected chi connectivity index (χ0v) is 13.3. The smallest absolute Gasteiger partial charge is 0.142 e. The van der Waals surface area contributed by atoms with Gasteiger partial charge < -0.3 is 5.32 Å². The van der Waals surface area contributed by atoms with E-state index in [0.717, 1.165) is 24.2 Å².